The maximum atomic E-state index is 12.9. The maximum Gasteiger partial charge on any atom is 0.391 e. The summed E-state index contributed by atoms with van der Waals surface area (Å²) in [6, 6.07) is 8.69. The number of nitrogens with one attached hydrogen (secondary N) is 2. The second-order valence-electron chi connectivity index (χ2n) is 6.91. The van der Waals surface area contributed by atoms with Gasteiger partial charge in [0.2, 0.25) is 0 Å². The molecule has 0 radical (unpaired) electrons. The molecule has 4 nitrogen and oxygen atoms in total. The first-order chi connectivity index (χ1) is 12.3. The summed E-state index contributed by atoms with van der Waals surface area (Å²) in [6.07, 6.45) is -3.48. The van der Waals surface area contributed by atoms with E-state index in [2.05, 4.69) is 10.6 Å². The molecule has 0 spiro atoms. The topological polar surface area (TPSA) is 64.9 Å². The van der Waals surface area contributed by atoms with Crippen LogP contribution in [0.25, 0.3) is 5.57 Å². The summed E-state index contributed by atoms with van der Waals surface area (Å²) in [7, 11) is 0. The molecule has 1 aromatic rings. The fourth-order valence-electron chi connectivity index (χ4n) is 3.76. The van der Waals surface area contributed by atoms with Crippen LogP contribution in [0.5, 0.6) is 0 Å². The molecule has 1 heterocycles. The lowest BCUT2D eigenvalue weighted by atomic mass is 9.78. The zero-order chi connectivity index (χ0) is 18.9. The Hall–Kier alpha value is -2.49. The number of carbonyl (C=O) groups excluding carboxylic acids is 1. The lowest BCUT2D eigenvalue weighted by molar-refractivity contribution is -0.183. The number of hydrogen-bond donors (Lipinski definition) is 2. The molecule has 0 aromatic heterocycles. The van der Waals surface area contributed by atoms with Gasteiger partial charge in [0.25, 0.3) is 5.91 Å². The summed E-state index contributed by atoms with van der Waals surface area (Å²) in [5.41, 5.74) is 2.32. The van der Waals surface area contributed by atoms with Gasteiger partial charge in [-0.1, -0.05) is 12.1 Å². The van der Waals surface area contributed by atoms with Gasteiger partial charge >= 0.3 is 6.18 Å². The predicted molar refractivity (Wildman–Crippen MR) is 90.3 cm³/mol. The van der Waals surface area contributed by atoms with Crippen molar-refractivity contribution in [3.8, 4) is 6.07 Å². The Labute approximate surface area is 150 Å². The number of hydrogen-bond acceptors (Lipinski definition) is 3. The number of benzene rings is 1. The molecule has 1 atom stereocenters. The van der Waals surface area contributed by atoms with Gasteiger partial charge in [0.1, 0.15) is 0 Å². The average molecular weight is 363 g/mol. The zero-order valence-corrected chi connectivity index (χ0v) is 14.4. The van der Waals surface area contributed by atoms with E-state index in [1.165, 1.54) is 0 Å². The molecule has 3 rings (SSSR count). The molecular formula is C19H20F3N3O. The molecule has 2 N–H and O–H groups in total. The third-order valence-corrected chi connectivity index (χ3v) is 5.12. The monoisotopic (exact) mass is 363 g/mol. The molecule has 0 bridgehead atoms. The summed E-state index contributed by atoms with van der Waals surface area (Å²) >= 11 is 0. The van der Waals surface area contributed by atoms with Crippen molar-refractivity contribution in [1.29, 1.82) is 5.26 Å². The summed E-state index contributed by atoms with van der Waals surface area (Å²) in [5.74, 6) is -1.60. The summed E-state index contributed by atoms with van der Waals surface area (Å²) in [5, 5.41) is 15.0. The van der Waals surface area contributed by atoms with Crippen molar-refractivity contribution in [2.45, 2.75) is 44.9 Å². The minimum atomic E-state index is -4.15. The fraction of sp³-hybridized carbons (Fsp3) is 0.474. The molecule has 1 aliphatic heterocycles. The lowest BCUT2D eigenvalue weighted by Gasteiger charge is -2.36. The van der Waals surface area contributed by atoms with Crippen molar-refractivity contribution in [2.75, 3.05) is 0 Å². The van der Waals surface area contributed by atoms with Crippen LogP contribution in [0.4, 0.5) is 13.2 Å². The third-order valence-electron chi connectivity index (χ3n) is 5.12. The highest BCUT2D eigenvalue weighted by molar-refractivity contribution is 6.21. The van der Waals surface area contributed by atoms with Crippen molar-refractivity contribution in [3.05, 3.63) is 41.1 Å². The summed E-state index contributed by atoms with van der Waals surface area (Å²) in [4.78, 5) is 12.6. The first-order valence-electron chi connectivity index (χ1n) is 8.68. The van der Waals surface area contributed by atoms with Gasteiger partial charge in [0, 0.05) is 5.70 Å². The lowest BCUT2D eigenvalue weighted by Crippen LogP contribution is -2.50. The van der Waals surface area contributed by atoms with Crippen molar-refractivity contribution < 1.29 is 18.0 Å². The Balaban J connectivity index is 1.91. The number of alkyl halides is 3. The number of allylic oxidation sites excluding steroid dienone is 1. The van der Waals surface area contributed by atoms with E-state index in [0.29, 0.717) is 35.2 Å². The Morgan fingerprint density at radius 3 is 2.23 bits per heavy atom. The molecule has 1 saturated carbocycles. The van der Waals surface area contributed by atoms with Crippen LogP contribution < -0.4 is 10.6 Å². The van der Waals surface area contributed by atoms with Crippen molar-refractivity contribution in [3.63, 3.8) is 0 Å². The van der Waals surface area contributed by atoms with Crippen LogP contribution in [-0.2, 0) is 4.79 Å². The fourth-order valence-corrected chi connectivity index (χ4v) is 3.76. The van der Waals surface area contributed by atoms with Gasteiger partial charge in [-0.25, -0.2) is 0 Å². The van der Waals surface area contributed by atoms with Crippen LogP contribution >= 0.6 is 0 Å². The second-order valence-corrected chi connectivity index (χ2v) is 6.91. The van der Waals surface area contributed by atoms with Gasteiger partial charge in [-0.3, -0.25) is 4.79 Å². The highest BCUT2D eigenvalue weighted by Crippen LogP contribution is 2.42. The van der Waals surface area contributed by atoms with Crippen LogP contribution in [-0.4, -0.2) is 18.2 Å². The first-order valence-corrected chi connectivity index (χ1v) is 8.68. The van der Waals surface area contributed by atoms with Crippen LogP contribution in [0.15, 0.2) is 30.0 Å². The molecule has 7 heteroatoms. The first kappa shape index (κ1) is 18.3. The molecule has 0 saturated heterocycles. The molecule has 2 aliphatic rings. The molecule has 138 valence electrons. The van der Waals surface area contributed by atoms with Crippen molar-refractivity contribution in [2.24, 2.45) is 11.8 Å². The highest BCUT2D eigenvalue weighted by Gasteiger charge is 2.43. The highest BCUT2D eigenvalue weighted by atomic mass is 19.4. The van der Waals surface area contributed by atoms with Gasteiger partial charge in [0.05, 0.1) is 29.3 Å². The van der Waals surface area contributed by atoms with Crippen LogP contribution in [0, 0.1) is 23.2 Å². The minimum Gasteiger partial charge on any atom is -0.368 e. The second kappa shape index (κ2) is 7.02. The SMILES string of the molecule is CC1NC(=O)C(c2ccc(C#N)cc2)=C([C@H]2CC[C@@H](C(F)(F)F)CC2)N1. The zero-order valence-electron chi connectivity index (χ0n) is 14.4. The third kappa shape index (κ3) is 3.69. The normalized spacial score (nSPS) is 26.7. The van der Waals surface area contributed by atoms with Crippen LogP contribution in [0.2, 0.25) is 0 Å². The molecule has 1 fully saturated rings. The smallest absolute Gasteiger partial charge is 0.368 e. The Bertz CT molecular complexity index is 754. The Morgan fingerprint density at radius 2 is 1.69 bits per heavy atom. The predicted octanol–water partition coefficient (Wildman–Crippen LogP) is 3.70. The number of carbonyl (C=O) groups is 1. The van der Waals surface area contributed by atoms with Gasteiger partial charge in [0.15, 0.2) is 0 Å². The largest absolute Gasteiger partial charge is 0.391 e. The number of amides is 1. The molecule has 1 aromatic carbocycles. The van der Waals surface area contributed by atoms with Gasteiger partial charge in [-0.05, 0) is 56.2 Å². The van der Waals surface area contributed by atoms with E-state index >= 15 is 0 Å². The van der Waals surface area contributed by atoms with Crippen molar-refractivity contribution >= 4 is 11.5 Å². The number of nitriles is 1. The Morgan fingerprint density at radius 1 is 1.08 bits per heavy atom. The quantitative estimate of drug-likeness (QED) is 0.842. The number of nitrogens with zero attached hydrogens (tertiary/aromatic N) is 1. The van der Waals surface area contributed by atoms with E-state index in [1.807, 2.05) is 6.07 Å². The van der Waals surface area contributed by atoms with Crippen LogP contribution in [0.1, 0.15) is 43.7 Å². The maximum absolute atomic E-state index is 12.9. The Kier molecular flexibility index (Phi) is 4.94. The van der Waals surface area contributed by atoms with E-state index < -0.39 is 12.1 Å². The number of halogens is 3. The van der Waals surface area contributed by atoms with Gasteiger partial charge in [-0.2, -0.15) is 18.4 Å². The van der Waals surface area contributed by atoms with E-state index in [9.17, 15) is 18.0 Å². The van der Waals surface area contributed by atoms with Crippen molar-refractivity contribution in [1.82, 2.24) is 10.6 Å². The van der Waals surface area contributed by atoms with E-state index in [4.69, 9.17) is 5.26 Å². The molecule has 26 heavy (non-hydrogen) atoms. The molecular weight excluding hydrogens is 343 g/mol. The molecule has 1 aliphatic carbocycles. The molecule has 1 amide bonds. The summed E-state index contributed by atoms with van der Waals surface area (Å²) in [6.45, 7) is 1.80. The van der Waals surface area contributed by atoms with E-state index in [0.717, 1.165) is 0 Å². The van der Waals surface area contributed by atoms with Crippen LogP contribution in [0.3, 0.4) is 0 Å². The van der Waals surface area contributed by atoms with Gasteiger partial charge in [-0.15, -0.1) is 0 Å². The van der Waals surface area contributed by atoms with E-state index in [1.54, 1.807) is 31.2 Å². The minimum absolute atomic E-state index is 0.0794. The number of rotatable bonds is 2. The van der Waals surface area contributed by atoms with Gasteiger partial charge < -0.3 is 10.6 Å². The summed E-state index contributed by atoms with van der Waals surface area (Å²) < 4.78 is 38.8. The standard InChI is InChI=1S/C19H20F3N3O/c1-11-24-17(14-6-8-15(9-7-14)19(20,21)22)16(18(26)25-11)13-4-2-12(10-23)3-5-13/h2-5,11,14-15,24H,6-9H2,1H3,(H,25,26)/t11?,14-,15+. The van der Waals surface area contributed by atoms with E-state index in [-0.39, 0.29) is 30.8 Å². The average Bonchev–Trinajstić information content (AvgIpc) is 2.61. The molecule has 1 unspecified atom stereocenters.